The lowest BCUT2D eigenvalue weighted by Gasteiger charge is -2.28. The van der Waals surface area contributed by atoms with Crippen LogP contribution < -0.4 is 10.3 Å². The molecule has 3 aromatic carbocycles. The van der Waals surface area contributed by atoms with E-state index < -0.39 is 0 Å². The number of carbonyl (C=O) groups is 1. The summed E-state index contributed by atoms with van der Waals surface area (Å²) in [6.07, 6.45) is 2.76. The Labute approximate surface area is 196 Å². The Morgan fingerprint density at radius 1 is 0.970 bits per heavy atom. The Morgan fingerprint density at radius 2 is 1.67 bits per heavy atom. The van der Waals surface area contributed by atoms with Gasteiger partial charge in [0.1, 0.15) is 0 Å². The average molecular weight is 441 g/mol. The van der Waals surface area contributed by atoms with Gasteiger partial charge in [0.2, 0.25) is 0 Å². The van der Waals surface area contributed by atoms with Gasteiger partial charge in [0.15, 0.2) is 0 Å². The number of hydrazone groups is 1. The van der Waals surface area contributed by atoms with E-state index in [1.807, 2.05) is 36.4 Å². The normalized spacial score (nSPS) is 13.6. The molecule has 1 aliphatic rings. The van der Waals surface area contributed by atoms with Gasteiger partial charge >= 0.3 is 0 Å². The predicted octanol–water partition coefficient (Wildman–Crippen LogP) is 4.86. The molecule has 1 heterocycles. The molecule has 0 radical (unpaired) electrons. The minimum Gasteiger partial charge on any atom is -0.372 e. The summed E-state index contributed by atoms with van der Waals surface area (Å²) in [5.41, 5.74) is 9.46. The lowest BCUT2D eigenvalue weighted by Crippen LogP contribution is -2.30. The number of hydrogen-bond acceptors (Lipinski definition) is 4. The van der Waals surface area contributed by atoms with Crippen molar-refractivity contribution >= 4 is 17.8 Å². The molecule has 0 atom stereocenters. The zero-order valence-electron chi connectivity index (χ0n) is 19.5. The standard InChI is InChI=1S/C28H32N4O/c1-3-32(4-2)27-15-11-22(12-16-27)19-29-30-28(33)25-13-9-23(10-14-25)20-31-18-17-24-7-5-6-8-26(24)21-31/h5-16,19H,3-4,17-18,20-21H2,1-2H3,(H,30,33)/b29-19-. The number of nitrogens with zero attached hydrogens (tertiary/aromatic N) is 3. The monoisotopic (exact) mass is 440 g/mol. The highest BCUT2D eigenvalue weighted by Gasteiger charge is 2.16. The Balaban J connectivity index is 1.29. The molecular weight excluding hydrogens is 408 g/mol. The summed E-state index contributed by atoms with van der Waals surface area (Å²) in [5.74, 6) is -0.204. The molecule has 1 N–H and O–H groups in total. The van der Waals surface area contributed by atoms with Crippen LogP contribution in [-0.4, -0.2) is 36.7 Å². The summed E-state index contributed by atoms with van der Waals surface area (Å²) in [5, 5.41) is 4.12. The van der Waals surface area contributed by atoms with Gasteiger partial charge in [-0.15, -0.1) is 0 Å². The second-order valence-electron chi connectivity index (χ2n) is 8.39. The molecule has 5 nitrogen and oxygen atoms in total. The van der Waals surface area contributed by atoms with Crippen molar-refractivity contribution in [3.05, 3.63) is 101 Å². The highest BCUT2D eigenvalue weighted by Crippen LogP contribution is 2.20. The van der Waals surface area contributed by atoms with Crippen molar-refractivity contribution in [2.24, 2.45) is 5.10 Å². The van der Waals surface area contributed by atoms with Crippen LogP contribution in [0.2, 0.25) is 0 Å². The second kappa shape index (κ2) is 10.9. The molecule has 3 aromatic rings. The van der Waals surface area contributed by atoms with Crippen LogP contribution in [0.25, 0.3) is 0 Å². The molecule has 0 saturated carbocycles. The Morgan fingerprint density at radius 3 is 2.36 bits per heavy atom. The molecule has 170 valence electrons. The minimum absolute atomic E-state index is 0.204. The maximum atomic E-state index is 12.5. The molecule has 33 heavy (non-hydrogen) atoms. The molecule has 4 rings (SSSR count). The number of benzene rings is 3. The number of fused-ring (bicyclic) bond motifs is 1. The zero-order valence-corrected chi connectivity index (χ0v) is 19.5. The van der Waals surface area contributed by atoms with Crippen LogP contribution >= 0.6 is 0 Å². The Kier molecular flexibility index (Phi) is 7.53. The first kappa shape index (κ1) is 22.7. The van der Waals surface area contributed by atoms with Crippen LogP contribution in [0, 0.1) is 0 Å². The quantitative estimate of drug-likeness (QED) is 0.402. The molecule has 1 aliphatic heterocycles. The van der Waals surface area contributed by atoms with Crippen molar-refractivity contribution in [2.75, 3.05) is 24.5 Å². The first-order valence-corrected chi connectivity index (χ1v) is 11.7. The lowest BCUT2D eigenvalue weighted by atomic mass is 9.99. The van der Waals surface area contributed by atoms with Gasteiger partial charge in [0, 0.05) is 44.0 Å². The SMILES string of the molecule is CCN(CC)c1ccc(/C=N\NC(=O)c2ccc(CN3CCc4ccccc4C3)cc2)cc1. The van der Waals surface area contributed by atoms with E-state index in [-0.39, 0.29) is 5.91 Å². The van der Waals surface area contributed by atoms with Gasteiger partial charge < -0.3 is 4.90 Å². The second-order valence-corrected chi connectivity index (χ2v) is 8.39. The van der Waals surface area contributed by atoms with Crippen LogP contribution in [0.15, 0.2) is 77.9 Å². The predicted molar refractivity (Wildman–Crippen MR) is 136 cm³/mol. The molecular formula is C28H32N4O. The summed E-state index contributed by atoms with van der Waals surface area (Å²) >= 11 is 0. The smallest absolute Gasteiger partial charge is 0.271 e. The van der Waals surface area contributed by atoms with E-state index in [1.54, 1.807) is 6.21 Å². The number of nitrogens with one attached hydrogen (secondary N) is 1. The van der Waals surface area contributed by atoms with Crippen LogP contribution in [0.1, 0.15) is 46.5 Å². The van der Waals surface area contributed by atoms with Crippen molar-refractivity contribution in [3.8, 4) is 0 Å². The van der Waals surface area contributed by atoms with Gasteiger partial charge in [0.25, 0.3) is 5.91 Å². The average Bonchev–Trinajstić information content (AvgIpc) is 2.86. The largest absolute Gasteiger partial charge is 0.372 e. The van der Waals surface area contributed by atoms with Gasteiger partial charge in [0.05, 0.1) is 6.21 Å². The summed E-state index contributed by atoms with van der Waals surface area (Å²) in [6, 6.07) is 24.7. The van der Waals surface area contributed by atoms with Crippen LogP contribution in [0.5, 0.6) is 0 Å². The number of anilines is 1. The molecule has 0 spiro atoms. The molecule has 0 bridgehead atoms. The zero-order chi connectivity index (χ0) is 23.0. The van der Waals surface area contributed by atoms with E-state index in [2.05, 4.69) is 70.6 Å². The highest BCUT2D eigenvalue weighted by molar-refractivity contribution is 5.94. The van der Waals surface area contributed by atoms with Crippen molar-refractivity contribution in [3.63, 3.8) is 0 Å². The van der Waals surface area contributed by atoms with Crippen molar-refractivity contribution in [2.45, 2.75) is 33.4 Å². The molecule has 0 unspecified atom stereocenters. The fraction of sp³-hybridized carbons (Fsp3) is 0.286. The van der Waals surface area contributed by atoms with Crippen molar-refractivity contribution in [1.29, 1.82) is 0 Å². The third-order valence-corrected chi connectivity index (χ3v) is 6.23. The molecule has 1 amide bonds. The fourth-order valence-electron chi connectivity index (χ4n) is 4.30. The number of carbonyl (C=O) groups excluding carboxylic acids is 1. The van der Waals surface area contributed by atoms with Crippen LogP contribution in [0.4, 0.5) is 5.69 Å². The molecule has 0 saturated heterocycles. The van der Waals surface area contributed by atoms with Gasteiger partial charge in [-0.3, -0.25) is 9.69 Å². The van der Waals surface area contributed by atoms with Crippen LogP contribution in [-0.2, 0) is 19.5 Å². The summed E-state index contributed by atoms with van der Waals surface area (Å²) in [4.78, 5) is 17.2. The van der Waals surface area contributed by atoms with Crippen LogP contribution in [0.3, 0.4) is 0 Å². The molecule has 0 fully saturated rings. The first-order chi connectivity index (χ1) is 16.2. The molecule has 5 heteroatoms. The summed E-state index contributed by atoms with van der Waals surface area (Å²) in [7, 11) is 0. The first-order valence-electron chi connectivity index (χ1n) is 11.7. The Bertz CT molecular complexity index is 1090. The molecule has 0 aromatic heterocycles. The third kappa shape index (κ3) is 5.88. The minimum atomic E-state index is -0.204. The van der Waals surface area contributed by atoms with Crippen molar-refractivity contribution < 1.29 is 4.79 Å². The van der Waals surface area contributed by atoms with E-state index >= 15 is 0 Å². The van der Waals surface area contributed by atoms with Crippen molar-refractivity contribution in [1.82, 2.24) is 10.3 Å². The van der Waals surface area contributed by atoms with E-state index in [0.29, 0.717) is 5.56 Å². The van der Waals surface area contributed by atoms with E-state index in [1.165, 1.54) is 22.4 Å². The van der Waals surface area contributed by atoms with E-state index in [0.717, 1.165) is 44.7 Å². The highest BCUT2D eigenvalue weighted by atomic mass is 16.2. The summed E-state index contributed by atoms with van der Waals surface area (Å²) in [6.45, 7) is 9.17. The number of rotatable bonds is 8. The maximum absolute atomic E-state index is 12.5. The topological polar surface area (TPSA) is 47.9 Å². The number of hydrogen-bond donors (Lipinski definition) is 1. The Hall–Kier alpha value is -3.44. The van der Waals surface area contributed by atoms with Gasteiger partial charge in [-0.25, -0.2) is 5.43 Å². The summed E-state index contributed by atoms with van der Waals surface area (Å²) < 4.78 is 0. The van der Waals surface area contributed by atoms with E-state index in [4.69, 9.17) is 0 Å². The van der Waals surface area contributed by atoms with E-state index in [9.17, 15) is 4.79 Å². The number of amides is 1. The maximum Gasteiger partial charge on any atom is 0.271 e. The lowest BCUT2D eigenvalue weighted by molar-refractivity contribution is 0.0955. The van der Waals surface area contributed by atoms with Gasteiger partial charge in [-0.2, -0.15) is 5.10 Å². The third-order valence-electron chi connectivity index (χ3n) is 6.23. The van der Waals surface area contributed by atoms with Gasteiger partial charge in [-0.1, -0.05) is 48.5 Å². The fourth-order valence-corrected chi connectivity index (χ4v) is 4.30. The molecule has 0 aliphatic carbocycles. The van der Waals surface area contributed by atoms with Gasteiger partial charge in [-0.05, 0) is 66.8 Å².